The summed E-state index contributed by atoms with van der Waals surface area (Å²) in [4.78, 5) is 22.3. The van der Waals surface area contributed by atoms with Gasteiger partial charge in [0, 0.05) is 24.4 Å². The van der Waals surface area contributed by atoms with Crippen LogP contribution in [0, 0.1) is 5.41 Å². The summed E-state index contributed by atoms with van der Waals surface area (Å²) in [5.41, 5.74) is -0.342. The molecule has 5 heteroatoms. The Labute approximate surface area is 114 Å². The zero-order chi connectivity index (χ0) is 13.9. The van der Waals surface area contributed by atoms with E-state index in [1.165, 1.54) is 0 Å². The number of nitrogens with zero attached hydrogens (tertiary/aromatic N) is 3. The van der Waals surface area contributed by atoms with Crippen LogP contribution in [0.2, 0.25) is 0 Å². The Morgan fingerprint density at radius 1 is 1.37 bits per heavy atom. The first-order valence-corrected chi connectivity index (χ1v) is 6.70. The molecule has 0 radical (unpaired) electrons. The van der Waals surface area contributed by atoms with E-state index in [-0.39, 0.29) is 17.4 Å². The number of carbonyl (C=O) groups excluding carboxylic acids is 1. The molecule has 0 N–H and O–H groups in total. The van der Waals surface area contributed by atoms with Gasteiger partial charge in [-0.2, -0.15) is 0 Å². The van der Waals surface area contributed by atoms with Crippen LogP contribution >= 0.6 is 0 Å². The summed E-state index contributed by atoms with van der Waals surface area (Å²) in [5.74, 6) is 0.176. The zero-order valence-corrected chi connectivity index (χ0v) is 11.8. The van der Waals surface area contributed by atoms with E-state index in [0.717, 1.165) is 19.4 Å². The predicted octanol–water partition coefficient (Wildman–Crippen LogP) is 1.89. The largest absolute Gasteiger partial charge is 0.458 e. The molecule has 1 amide bonds. The van der Waals surface area contributed by atoms with Gasteiger partial charge in [-0.25, -0.2) is 9.97 Å². The lowest BCUT2D eigenvalue weighted by molar-refractivity contribution is -0.142. The molecule has 19 heavy (non-hydrogen) atoms. The molecule has 2 heterocycles. The highest BCUT2D eigenvalue weighted by Gasteiger charge is 2.31. The number of amides is 1. The molecule has 0 aromatic carbocycles. The van der Waals surface area contributed by atoms with Crippen molar-refractivity contribution in [3.63, 3.8) is 0 Å². The maximum Gasteiger partial charge on any atom is 0.316 e. The SMILES string of the molecule is CC(C)(C)C(=O)N1CCCC(Oc2ncccn2)C1. The lowest BCUT2D eigenvalue weighted by Crippen LogP contribution is -2.48. The van der Waals surface area contributed by atoms with Crippen molar-refractivity contribution in [2.45, 2.75) is 39.7 Å². The van der Waals surface area contributed by atoms with Crippen molar-refractivity contribution in [3.8, 4) is 6.01 Å². The van der Waals surface area contributed by atoms with Gasteiger partial charge in [-0.05, 0) is 18.9 Å². The van der Waals surface area contributed by atoms with Gasteiger partial charge in [0.1, 0.15) is 6.10 Å². The maximum atomic E-state index is 12.3. The van der Waals surface area contributed by atoms with Gasteiger partial charge in [0.2, 0.25) is 5.91 Å². The zero-order valence-electron chi connectivity index (χ0n) is 11.8. The number of carbonyl (C=O) groups is 1. The summed E-state index contributed by atoms with van der Waals surface area (Å²) in [6, 6.07) is 2.14. The summed E-state index contributed by atoms with van der Waals surface area (Å²) in [7, 11) is 0. The van der Waals surface area contributed by atoms with Crippen molar-refractivity contribution in [1.29, 1.82) is 0 Å². The highest BCUT2D eigenvalue weighted by atomic mass is 16.5. The molecule has 104 valence electrons. The van der Waals surface area contributed by atoms with Crippen LogP contribution in [-0.2, 0) is 4.79 Å². The first kappa shape index (κ1) is 13.8. The van der Waals surface area contributed by atoms with E-state index >= 15 is 0 Å². The monoisotopic (exact) mass is 263 g/mol. The molecule has 1 saturated heterocycles. The van der Waals surface area contributed by atoms with Crippen LogP contribution in [-0.4, -0.2) is 40.0 Å². The van der Waals surface area contributed by atoms with E-state index in [9.17, 15) is 4.79 Å². The molecular formula is C14H21N3O2. The number of hydrogen-bond donors (Lipinski definition) is 0. The third-order valence-electron chi connectivity index (χ3n) is 3.12. The van der Waals surface area contributed by atoms with Gasteiger partial charge in [0.15, 0.2) is 0 Å². The number of rotatable bonds is 2. The Bertz CT molecular complexity index is 428. The number of ether oxygens (including phenoxy) is 1. The molecule has 1 aromatic rings. The van der Waals surface area contributed by atoms with Gasteiger partial charge in [0.05, 0.1) is 6.54 Å². The lowest BCUT2D eigenvalue weighted by Gasteiger charge is -2.36. The van der Waals surface area contributed by atoms with Gasteiger partial charge < -0.3 is 9.64 Å². The molecular weight excluding hydrogens is 242 g/mol. The third kappa shape index (κ3) is 3.66. The highest BCUT2D eigenvalue weighted by molar-refractivity contribution is 5.81. The second kappa shape index (κ2) is 5.55. The first-order valence-electron chi connectivity index (χ1n) is 6.70. The normalized spacial score (nSPS) is 20.2. The summed E-state index contributed by atoms with van der Waals surface area (Å²) < 4.78 is 5.73. The fourth-order valence-corrected chi connectivity index (χ4v) is 2.19. The second-order valence-corrected chi connectivity index (χ2v) is 5.91. The minimum Gasteiger partial charge on any atom is -0.458 e. The van der Waals surface area contributed by atoms with E-state index in [0.29, 0.717) is 12.6 Å². The molecule has 1 aromatic heterocycles. The Morgan fingerprint density at radius 3 is 2.68 bits per heavy atom. The molecule has 0 aliphatic carbocycles. The summed E-state index contributed by atoms with van der Waals surface area (Å²) >= 11 is 0. The smallest absolute Gasteiger partial charge is 0.316 e. The second-order valence-electron chi connectivity index (χ2n) is 5.91. The van der Waals surface area contributed by atoms with Crippen molar-refractivity contribution >= 4 is 5.91 Å². The van der Waals surface area contributed by atoms with Gasteiger partial charge in [-0.15, -0.1) is 0 Å². The molecule has 1 aliphatic rings. The Balaban J connectivity index is 1.96. The van der Waals surface area contributed by atoms with E-state index in [1.54, 1.807) is 18.5 Å². The molecule has 1 fully saturated rings. The number of aromatic nitrogens is 2. The summed E-state index contributed by atoms with van der Waals surface area (Å²) in [5, 5.41) is 0. The number of hydrogen-bond acceptors (Lipinski definition) is 4. The topological polar surface area (TPSA) is 55.3 Å². The molecule has 2 rings (SSSR count). The number of likely N-dealkylation sites (tertiary alicyclic amines) is 1. The van der Waals surface area contributed by atoms with Gasteiger partial charge in [0.25, 0.3) is 0 Å². The van der Waals surface area contributed by atoms with Gasteiger partial charge >= 0.3 is 6.01 Å². The minimum atomic E-state index is -0.342. The van der Waals surface area contributed by atoms with Crippen molar-refractivity contribution < 1.29 is 9.53 Å². The van der Waals surface area contributed by atoms with Crippen LogP contribution in [0.25, 0.3) is 0 Å². The van der Waals surface area contributed by atoms with Crippen molar-refractivity contribution in [1.82, 2.24) is 14.9 Å². The number of piperidine rings is 1. The third-order valence-corrected chi connectivity index (χ3v) is 3.12. The van der Waals surface area contributed by atoms with Gasteiger partial charge in [-0.3, -0.25) is 4.79 Å². The van der Waals surface area contributed by atoms with E-state index in [1.807, 2.05) is 25.7 Å². The Morgan fingerprint density at radius 2 is 2.05 bits per heavy atom. The van der Waals surface area contributed by atoms with Crippen molar-refractivity contribution in [2.24, 2.45) is 5.41 Å². The summed E-state index contributed by atoms with van der Waals surface area (Å²) in [6.07, 6.45) is 5.19. The van der Waals surface area contributed by atoms with Crippen LogP contribution < -0.4 is 4.74 Å². The standard InChI is InChI=1S/C14H21N3O2/c1-14(2,3)12(18)17-9-4-6-11(10-17)19-13-15-7-5-8-16-13/h5,7-8,11H,4,6,9-10H2,1-3H3. The minimum absolute atomic E-state index is 0.0116. The van der Waals surface area contributed by atoms with E-state index in [2.05, 4.69) is 9.97 Å². The molecule has 1 atom stereocenters. The van der Waals surface area contributed by atoms with Crippen molar-refractivity contribution in [2.75, 3.05) is 13.1 Å². The molecule has 1 unspecified atom stereocenters. The van der Waals surface area contributed by atoms with Crippen LogP contribution in [0.3, 0.4) is 0 Å². The Kier molecular flexibility index (Phi) is 4.02. The van der Waals surface area contributed by atoms with E-state index in [4.69, 9.17) is 4.74 Å². The average Bonchev–Trinajstić information content (AvgIpc) is 2.38. The van der Waals surface area contributed by atoms with Crippen molar-refractivity contribution in [3.05, 3.63) is 18.5 Å². The van der Waals surface area contributed by atoms with Crippen LogP contribution in [0.1, 0.15) is 33.6 Å². The Hall–Kier alpha value is -1.65. The molecule has 5 nitrogen and oxygen atoms in total. The fraction of sp³-hybridized carbons (Fsp3) is 0.643. The predicted molar refractivity (Wildman–Crippen MR) is 71.7 cm³/mol. The molecule has 0 bridgehead atoms. The average molecular weight is 263 g/mol. The summed E-state index contributed by atoms with van der Waals surface area (Å²) in [6.45, 7) is 7.26. The van der Waals surface area contributed by atoms with Crippen LogP contribution in [0.15, 0.2) is 18.5 Å². The quantitative estimate of drug-likeness (QED) is 0.817. The van der Waals surface area contributed by atoms with Crippen LogP contribution in [0.5, 0.6) is 6.01 Å². The van der Waals surface area contributed by atoms with Gasteiger partial charge in [-0.1, -0.05) is 20.8 Å². The van der Waals surface area contributed by atoms with E-state index < -0.39 is 0 Å². The molecule has 0 spiro atoms. The highest BCUT2D eigenvalue weighted by Crippen LogP contribution is 2.22. The maximum absolute atomic E-state index is 12.3. The first-order chi connectivity index (χ1) is 8.97. The van der Waals surface area contributed by atoms with Crippen LogP contribution in [0.4, 0.5) is 0 Å². The molecule has 0 saturated carbocycles. The lowest BCUT2D eigenvalue weighted by atomic mass is 9.93. The fourth-order valence-electron chi connectivity index (χ4n) is 2.19. The molecule has 1 aliphatic heterocycles.